The van der Waals surface area contributed by atoms with Gasteiger partial charge in [-0.3, -0.25) is 9.79 Å². The molecular formula is C12H15N3O. The van der Waals surface area contributed by atoms with Crippen LogP contribution >= 0.6 is 0 Å². The lowest BCUT2D eigenvalue weighted by Gasteiger charge is -1.94. The summed E-state index contributed by atoms with van der Waals surface area (Å²) >= 11 is 0. The van der Waals surface area contributed by atoms with Crippen molar-refractivity contribution in [2.24, 2.45) is 15.7 Å². The summed E-state index contributed by atoms with van der Waals surface area (Å²) in [5.74, 6) is -0.148. The summed E-state index contributed by atoms with van der Waals surface area (Å²) in [6.45, 7) is 2.28. The van der Waals surface area contributed by atoms with Crippen molar-refractivity contribution in [3.63, 3.8) is 0 Å². The summed E-state index contributed by atoms with van der Waals surface area (Å²) in [5.41, 5.74) is 6.51. The SMILES string of the molecule is CCC(=O)C(N)=NC=NCc1ccccc1. The van der Waals surface area contributed by atoms with Gasteiger partial charge in [-0.1, -0.05) is 37.3 Å². The zero-order valence-corrected chi connectivity index (χ0v) is 9.26. The van der Waals surface area contributed by atoms with Crippen molar-refractivity contribution in [3.8, 4) is 0 Å². The number of rotatable bonds is 5. The van der Waals surface area contributed by atoms with Crippen LogP contribution in [0.5, 0.6) is 0 Å². The number of carbonyl (C=O) groups excluding carboxylic acids is 1. The number of hydrogen-bond donors (Lipinski definition) is 1. The molecule has 4 heteroatoms. The third-order valence-electron chi connectivity index (χ3n) is 2.00. The number of hydrogen-bond acceptors (Lipinski definition) is 2. The average molecular weight is 217 g/mol. The van der Waals surface area contributed by atoms with Crippen molar-refractivity contribution in [3.05, 3.63) is 35.9 Å². The van der Waals surface area contributed by atoms with Crippen LogP contribution in [0.1, 0.15) is 18.9 Å². The van der Waals surface area contributed by atoms with Crippen LogP contribution < -0.4 is 5.73 Å². The van der Waals surface area contributed by atoms with E-state index in [4.69, 9.17) is 5.73 Å². The van der Waals surface area contributed by atoms with Crippen molar-refractivity contribution in [1.82, 2.24) is 0 Å². The predicted molar refractivity (Wildman–Crippen MR) is 65.6 cm³/mol. The van der Waals surface area contributed by atoms with Crippen LogP contribution in [-0.2, 0) is 11.3 Å². The Kier molecular flexibility index (Phi) is 4.92. The van der Waals surface area contributed by atoms with Gasteiger partial charge in [0.15, 0.2) is 11.6 Å². The number of amidine groups is 1. The second-order valence-corrected chi connectivity index (χ2v) is 3.23. The topological polar surface area (TPSA) is 67.8 Å². The molecule has 1 rings (SSSR count). The molecular weight excluding hydrogens is 202 g/mol. The van der Waals surface area contributed by atoms with Gasteiger partial charge in [0.1, 0.15) is 6.34 Å². The normalized spacial score (nSPS) is 11.9. The van der Waals surface area contributed by atoms with Crippen molar-refractivity contribution in [1.29, 1.82) is 0 Å². The molecule has 0 fully saturated rings. The van der Waals surface area contributed by atoms with Gasteiger partial charge in [0.25, 0.3) is 0 Å². The first-order chi connectivity index (χ1) is 7.74. The highest BCUT2D eigenvalue weighted by Gasteiger charge is 2.00. The van der Waals surface area contributed by atoms with E-state index in [2.05, 4.69) is 9.98 Å². The van der Waals surface area contributed by atoms with E-state index in [0.717, 1.165) is 5.56 Å². The molecule has 0 radical (unpaired) electrons. The highest BCUT2D eigenvalue weighted by Crippen LogP contribution is 1.99. The number of ketones is 1. The Bertz CT molecular complexity index is 396. The summed E-state index contributed by atoms with van der Waals surface area (Å²) < 4.78 is 0. The second kappa shape index (κ2) is 6.50. The monoisotopic (exact) mass is 217 g/mol. The van der Waals surface area contributed by atoms with Crippen molar-refractivity contribution >= 4 is 18.0 Å². The number of aliphatic imine (C=N–C) groups is 2. The van der Waals surface area contributed by atoms with Crippen molar-refractivity contribution < 1.29 is 4.79 Å². The molecule has 0 saturated carbocycles. The van der Waals surface area contributed by atoms with E-state index in [-0.39, 0.29) is 11.6 Å². The number of benzene rings is 1. The van der Waals surface area contributed by atoms with Gasteiger partial charge >= 0.3 is 0 Å². The molecule has 2 N–H and O–H groups in total. The Labute approximate surface area is 94.9 Å². The minimum absolute atomic E-state index is 0.0133. The minimum Gasteiger partial charge on any atom is -0.381 e. The second-order valence-electron chi connectivity index (χ2n) is 3.23. The van der Waals surface area contributed by atoms with Crippen molar-refractivity contribution in [2.45, 2.75) is 19.9 Å². The molecule has 0 aromatic heterocycles. The van der Waals surface area contributed by atoms with Crippen molar-refractivity contribution in [2.75, 3.05) is 0 Å². The molecule has 0 atom stereocenters. The first-order valence-corrected chi connectivity index (χ1v) is 5.12. The van der Waals surface area contributed by atoms with Crippen LogP contribution in [0.15, 0.2) is 40.3 Å². The molecule has 1 aromatic carbocycles. The molecule has 1 aromatic rings. The maximum Gasteiger partial charge on any atom is 0.197 e. The van der Waals surface area contributed by atoms with Gasteiger partial charge in [-0.25, -0.2) is 4.99 Å². The van der Waals surface area contributed by atoms with Crippen LogP contribution in [0.2, 0.25) is 0 Å². The Hall–Kier alpha value is -1.97. The molecule has 0 bridgehead atoms. The molecule has 0 aliphatic rings. The number of nitrogens with two attached hydrogens (primary N) is 1. The lowest BCUT2D eigenvalue weighted by molar-refractivity contribution is -0.112. The van der Waals surface area contributed by atoms with Gasteiger partial charge in [-0.15, -0.1) is 0 Å². The number of Topliss-reactive ketones (excluding diaryl/α,β-unsaturated/α-hetero) is 1. The average Bonchev–Trinajstić information content (AvgIpc) is 2.34. The van der Waals surface area contributed by atoms with Gasteiger partial charge in [-0.2, -0.15) is 0 Å². The van der Waals surface area contributed by atoms with Crippen LogP contribution in [0, 0.1) is 0 Å². The van der Waals surface area contributed by atoms with Gasteiger partial charge in [0.05, 0.1) is 6.54 Å². The van der Waals surface area contributed by atoms with E-state index in [9.17, 15) is 4.79 Å². The van der Waals surface area contributed by atoms with Crippen LogP contribution in [0.4, 0.5) is 0 Å². The van der Waals surface area contributed by atoms with E-state index >= 15 is 0 Å². The van der Waals surface area contributed by atoms with E-state index in [0.29, 0.717) is 13.0 Å². The third-order valence-corrected chi connectivity index (χ3v) is 2.00. The third kappa shape index (κ3) is 4.04. The summed E-state index contributed by atoms with van der Waals surface area (Å²) in [7, 11) is 0. The summed E-state index contributed by atoms with van der Waals surface area (Å²) in [6.07, 6.45) is 1.69. The lowest BCUT2D eigenvalue weighted by Crippen LogP contribution is -2.22. The molecule has 16 heavy (non-hydrogen) atoms. The highest BCUT2D eigenvalue weighted by molar-refractivity contribution is 6.39. The van der Waals surface area contributed by atoms with E-state index in [1.807, 2.05) is 30.3 Å². The molecule has 84 valence electrons. The molecule has 0 saturated heterocycles. The maximum atomic E-state index is 11.1. The number of carbonyl (C=O) groups is 1. The summed E-state index contributed by atoms with van der Waals surface area (Å²) in [5, 5.41) is 0. The quantitative estimate of drug-likeness (QED) is 0.600. The van der Waals surface area contributed by atoms with Gasteiger partial charge < -0.3 is 5.73 Å². The Morgan fingerprint density at radius 2 is 2.06 bits per heavy atom. The maximum absolute atomic E-state index is 11.1. The van der Waals surface area contributed by atoms with Gasteiger partial charge in [-0.05, 0) is 5.56 Å². The molecule has 0 spiro atoms. The molecule has 0 aliphatic heterocycles. The Morgan fingerprint density at radius 1 is 1.38 bits per heavy atom. The zero-order chi connectivity index (χ0) is 11.8. The van der Waals surface area contributed by atoms with E-state index < -0.39 is 0 Å². The van der Waals surface area contributed by atoms with Crippen LogP contribution in [-0.4, -0.2) is 18.0 Å². The Morgan fingerprint density at radius 3 is 2.69 bits per heavy atom. The molecule has 0 amide bonds. The predicted octanol–water partition coefficient (Wildman–Crippen LogP) is 1.55. The first kappa shape index (κ1) is 12.1. The fraction of sp³-hybridized carbons (Fsp3) is 0.250. The highest BCUT2D eigenvalue weighted by atomic mass is 16.1. The lowest BCUT2D eigenvalue weighted by atomic mass is 10.2. The van der Waals surface area contributed by atoms with Gasteiger partial charge in [0.2, 0.25) is 0 Å². The standard InChI is InChI=1S/C12H15N3O/c1-2-11(16)12(13)15-9-14-8-10-6-4-3-5-7-10/h3-7,9H,2,8H2,1H3,(H2,13,14,15). The van der Waals surface area contributed by atoms with E-state index in [1.165, 1.54) is 6.34 Å². The largest absolute Gasteiger partial charge is 0.381 e. The molecule has 0 unspecified atom stereocenters. The fourth-order valence-corrected chi connectivity index (χ4v) is 1.09. The molecule has 0 aliphatic carbocycles. The molecule has 4 nitrogen and oxygen atoms in total. The van der Waals surface area contributed by atoms with Gasteiger partial charge in [0, 0.05) is 6.42 Å². The fourth-order valence-electron chi connectivity index (χ4n) is 1.09. The molecule has 0 heterocycles. The van der Waals surface area contributed by atoms with Crippen LogP contribution in [0.3, 0.4) is 0 Å². The summed E-state index contributed by atoms with van der Waals surface area (Å²) in [4.78, 5) is 18.9. The first-order valence-electron chi connectivity index (χ1n) is 5.12. The smallest absolute Gasteiger partial charge is 0.197 e. The zero-order valence-electron chi connectivity index (χ0n) is 9.26. The Balaban J connectivity index is 2.47. The number of nitrogens with zero attached hydrogens (tertiary/aromatic N) is 2. The summed E-state index contributed by atoms with van der Waals surface area (Å²) in [6, 6.07) is 9.79. The minimum atomic E-state index is -0.161. The van der Waals surface area contributed by atoms with Crippen LogP contribution in [0.25, 0.3) is 0 Å². The van der Waals surface area contributed by atoms with E-state index in [1.54, 1.807) is 6.92 Å².